The van der Waals surface area contributed by atoms with Gasteiger partial charge in [-0.1, -0.05) is 30.7 Å². The van der Waals surface area contributed by atoms with Gasteiger partial charge in [0.25, 0.3) is 0 Å². The van der Waals surface area contributed by atoms with Crippen LogP contribution in [0.5, 0.6) is 0 Å². The van der Waals surface area contributed by atoms with Crippen molar-refractivity contribution in [2.45, 2.75) is 38.0 Å². The molecule has 0 spiro atoms. The molecule has 4 heterocycles. The Hall–Kier alpha value is -3.20. The number of carbonyl (C=O) groups excluding carboxylic acids is 1. The zero-order chi connectivity index (χ0) is 24.0. The minimum atomic E-state index is -4.42. The number of fused-ring (bicyclic) bond motifs is 2. The Labute approximate surface area is 199 Å². The van der Waals surface area contributed by atoms with Crippen molar-refractivity contribution in [1.29, 1.82) is 0 Å². The van der Waals surface area contributed by atoms with E-state index >= 15 is 0 Å². The molecule has 0 unspecified atom stereocenters. The SMILES string of the molecule is CCC(=O)N1C[C@H]2C[C@@H]1CN2c1cnc(-c2ccc(C(F)(F)F)cc2)c(-c2ccncc2Cl)n1. The summed E-state index contributed by atoms with van der Waals surface area (Å²) in [5, 5.41) is 0.366. The standard InChI is InChI=1S/C24H21ClF3N5O/c1-2-21(34)33-13-16-9-17(33)12-32(16)20-11-30-22(14-3-5-15(6-4-14)24(26,27)28)23(31-20)18-7-8-29-10-19(18)25/h3-8,10-11,16-17H,2,9,12-13H2,1H3/t16-,17-/m1/s1. The quantitative estimate of drug-likeness (QED) is 0.513. The fourth-order valence-corrected chi connectivity index (χ4v) is 4.97. The van der Waals surface area contributed by atoms with E-state index in [0.29, 0.717) is 52.9 Å². The number of piperazine rings is 1. The van der Waals surface area contributed by atoms with Crippen molar-refractivity contribution in [2.24, 2.45) is 0 Å². The summed E-state index contributed by atoms with van der Waals surface area (Å²) in [7, 11) is 0. The van der Waals surface area contributed by atoms with Gasteiger partial charge < -0.3 is 9.80 Å². The molecule has 2 saturated heterocycles. The lowest BCUT2D eigenvalue weighted by Crippen LogP contribution is -2.49. The third-order valence-electron chi connectivity index (χ3n) is 6.43. The second-order valence-corrected chi connectivity index (χ2v) is 8.86. The topological polar surface area (TPSA) is 62.2 Å². The summed E-state index contributed by atoms with van der Waals surface area (Å²) in [4.78, 5) is 29.8. The Morgan fingerprint density at radius 3 is 2.47 bits per heavy atom. The highest BCUT2D eigenvalue weighted by molar-refractivity contribution is 6.33. The monoisotopic (exact) mass is 487 g/mol. The molecule has 3 aromatic rings. The molecule has 34 heavy (non-hydrogen) atoms. The number of hydrogen-bond acceptors (Lipinski definition) is 5. The number of alkyl halides is 3. The number of pyridine rings is 1. The molecule has 0 N–H and O–H groups in total. The molecule has 2 atom stereocenters. The van der Waals surface area contributed by atoms with E-state index in [-0.39, 0.29) is 18.0 Å². The molecule has 2 fully saturated rings. The average molecular weight is 488 g/mol. The zero-order valence-corrected chi connectivity index (χ0v) is 19.0. The highest BCUT2D eigenvalue weighted by atomic mass is 35.5. The number of rotatable bonds is 4. The molecule has 0 radical (unpaired) electrons. The first-order chi connectivity index (χ1) is 16.3. The molecule has 2 aromatic heterocycles. The van der Waals surface area contributed by atoms with Crippen LogP contribution in [0.4, 0.5) is 19.0 Å². The largest absolute Gasteiger partial charge is 0.416 e. The van der Waals surface area contributed by atoms with Crippen LogP contribution in [0.1, 0.15) is 25.3 Å². The van der Waals surface area contributed by atoms with Crippen molar-refractivity contribution in [3.8, 4) is 22.5 Å². The number of halogens is 4. The van der Waals surface area contributed by atoms with Gasteiger partial charge in [0.1, 0.15) is 11.5 Å². The van der Waals surface area contributed by atoms with E-state index in [1.165, 1.54) is 18.3 Å². The maximum Gasteiger partial charge on any atom is 0.416 e. The Kier molecular flexibility index (Phi) is 5.67. The number of hydrogen-bond donors (Lipinski definition) is 0. The van der Waals surface area contributed by atoms with Crippen LogP contribution in [-0.2, 0) is 11.0 Å². The lowest BCUT2D eigenvalue weighted by Gasteiger charge is -2.35. The number of anilines is 1. The van der Waals surface area contributed by atoms with E-state index in [0.717, 1.165) is 18.6 Å². The molecule has 2 bridgehead atoms. The summed E-state index contributed by atoms with van der Waals surface area (Å²) >= 11 is 6.41. The average Bonchev–Trinajstić information content (AvgIpc) is 3.44. The zero-order valence-electron chi connectivity index (χ0n) is 18.3. The van der Waals surface area contributed by atoms with Crippen molar-refractivity contribution < 1.29 is 18.0 Å². The van der Waals surface area contributed by atoms with Crippen LogP contribution in [0.25, 0.3) is 22.5 Å². The molecule has 176 valence electrons. The van der Waals surface area contributed by atoms with E-state index < -0.39 is 11.7 Å². The molecule has 2 aliphatic rings. The van der Waals surface area contributed by atoms with Crippen molar-refractivity contribution in [2.75, 3.05) is 18.0 Å². The van der Waals surface area contributed by atoms with Gasteiger partial charge in [0.2, 0.25) is 5.91 Å². The molecule has 2 aliphatic heterocycles. The first-order valence-electron chi connectivity index (χ1n) is 11.0. The number of benzene rings is 1. The van der Waals surface area contributed by atoms with Gasteiger partial charge in [-0.25, -0.2) is 4.98 Å². The number of likely N-dealkylation sites (tertiary alicyclic amines) is 1. The molecule has 0 saturated carbocycles. The third kappa shape index (κ3) is 3.98. The molecule has 10 heteroatoms. The molecular formula is C24H21ClF3N5O. The fraction of sp³-hybridized carbons (Fsp3) is 0.333. The number of amides is 1. The summed E-state index contributed by atoms with van der Waals surface area (Å²) in [5.41, 5.74) is 1.25. The number of nitrogens with zero attached hydrogens (tertiary/aromatic N) is 5. The third-order valence-corrected chi connectivity index (χ3v) is 6.73. The normalized spacial score (nSPS) is 19.7. The van der Waals surface area contributed by atoms with E-state index in [4.69, 9.17) is 16.6 Å². The van der Waals surface area contributed by atoms with Crippen LogP contribution < -0.4 is 4.90 Å². The molecule has 0 aliphatic carbocycles. The number of carbonyl (C=O) groups is 1. The first kappa shape index (κ1) is 22.6. The van der Waals surface area contributed by atoms with Crippen molar-refractivity contribution >= 4 is 23.3 Å². The van der Waals surface area contributed by atoms with Gasteiger partial charge in [-0.2, -0.15) is 13.2 Å². The van der Waals surface area contributed by atoms with Crippen molar-refractivity contribution in [3.63, 3.8) is 0 Å². The maximum atomic E-state index is 13.0. The van der Waals surface area contributed by atoms with Crippen LogP contribution in [0.2, 0.25) is 5.02 Å². The second kappa shape index (κ2) is 8.54. The summed E-state index contributed by atoms with van der Waals surface area (Å²) in [6.45, 7) is 3.17. The Morgan fingerprint density at radius 2 is 1.85 bits per heavy atom. The lowest BCUT2D eigenvalue weighted by molar-refractivity contribution is -0.137. The van der Waals surface area contributed by atoms with Crippen LogP contribution >= 0.6 is 11.6 Å². The minimum Gasteiger partial charge on any atom is -0.348 e. The Morgan fingerprint density at radius 1 is 1.09 bits per heavy atom. The molecule has 5 rings (SSSR count). The van der Waals surface area contributed by atoms with Gasteiger partial charge in [-0.05, 0) is 24.6 Å². The van der Waals surface area contributed by atoms with Crippen LogP contribution in [-0.4, -0.2) is 50.9 Å². The maximum absolute atomic E-state index is 13.0. The van der Waals surface area contributed by atoms with Gasteiger partial charge in [0, 0.05) is 43.0 Å². The molecular weight excluding hydrogens is 467 g/mol. The summed E-state index contributed by atoms with van der Waals surface area (Å²) in [6.07, 6.45) is 1.65. The van der Waals surface area contributed by atoms with Crippen LogP contribution in [0.3, 0.4) is 0 Å². The Balaban J connectivity index is 1.53. The smallest absolute Gasteiger partial charge is 0.348 e. The van der Waals surface area contributed by atoms with Gasteiger partial charge in [-0.15, -0.1) is 0 Å². The van der Waals surface area contributed by atoms with E-state index in [2.05, 4.69) is 14.9 Å². The number of aromatic nitrogens is 3. The van der Waals surface area contributed by atoms with Gasteiger partial charge in [0.05, 0.1) is 34.6 Å². The van der Waals surface area contributed by atoms with Crippen LogP contribution in [0.15, 0.2) is 48.9 Å². The first-order valence-corrected chi connectivity index (χ1v) is 11.3. The summed E-state index contributed by atoms with van der Waals surface area (Å²) in [5.74, 6) is 0.801. The summed E-state index contributed by atoms with van der Waals surface area (Å²) < 4.78 is 39.1. The second-order valence-electron chi connectivity index (χ2n) is 8.45. The van der Waals surface area contributed by atoms with Gasteiger partial charge >= 0.3 is 6.18 Å². The molecule has 6 nitrogen and oxygen atoms in total. The Bertz CT molecular complexity index is 1230. The lowest BCUT2D eigenvalue weighted by atomic mass is 10.0. The predicted molar refractivity (Wildman–Crippen MR) is 122 cm³/mol. The van der Waals surface area contributed by atoms with Gasteiger partial charge in [0.15, 0.2) is 0 Å². The minimum absolute atomic E-state index is 0.141. The van der Waals surface area contributed by atoms with Crippen molar-refractivity contribution in [3.05, 3.63) is 59.5 Å². The fourth-order valence-electron chi connectivity index (χ4n) is 4.76. The highest BCUT2D eigenvalue weighted by Gasteiger charge is 2.45. The van der Waals surface area contributed by atoms with Gasteiger partial charge in [-0.3, -0.25) is 14.8 Å². The predicted octanol–water partition coefficient (Wildman–Crippen LogP) is 5.08. The molecule has 1 aromatic carbocycles. The van der Waals surface area contributed by atoms with E-state index in [1.54, 1.807) is 18.5 Å². The van der Waals surface area contributed by atoms with Crippen LogP contribution in [0, 0.1) is 0 Å². The van der Waals surface area contributed by atoms with E-state index in [1.807, 2.05) is 11.8 Å². The summed E-state index contributed by atoms with van der Waals surface area (Å²) in [6, 6.07) is 6.83. The van der Waals surface area contributed by atoms with E-state index in [9.17, 15) is 18.0 Å². The highest BCUT2D eigenvalue weighted by Crippen LogP contribution is 2.39. The molecule has 1 amide bonds. The van der Waals surface area contributed by atoms with Crippen molar-refractivity contribution in [1.82, 2.24) is 19.9 Å².